The van der Waals surface area contributed by atoms with Gasteiger partial charge in [0.15, 0.2) is 0 Å². The number of carbonyl (C=O) groups excluding carboxylic acids is 2. The van der Waals surface area contributed by atoms with Crippen molar-refractivity contribution in [2.24, 2.45) is 0 Å². The second-order valence-corrected chi connectivity index (χ2v) is 9.62. The Morgan fingerprint density at radius 1 is 0.971 bits per heavy atom. The van der Waals surface area contributed by atoms with Crippen LogP contribution in [0.2, 0.25) is 0 Å². The molecular weight excluding hydrogens is 460 g/mol. The lowest BCUT2D eigenvalue weighted by molar-refractivity contribution is 0.0601. The van der Waals surface area contributed by atoms with Gasteiger partial charge in [0.2, 0.25) is 0 Å². The van der Waals surface area contributed by atoms with Crippen molar-refractivity contribution in [3.8, 4) is 17.0 Å². The zero-order valence-electron chi connectivity index (χ0n) is 19.7. The van der Waals surface area contributed by atoms with E-state index in [9.17, 15) is 9.59 Å². The van der Waals surface area contributed by atoms with Crippen LogP contribution in [-0.4, -0.2) is 31.1 Å². The van der Waals surface area contributed by atoms with Gasteiger partial charge in [-0.3, -0.25) is 4.79 Å². The molecular formula is C28H26N2O4S. The standard InChI is InChI=1S/C28H26N2O4S/c1-33-18-10-8-9-17(15-18)23-16-21(19-11-6-7-13-22(19)29-23)26(31)30-27-25(28(32)34-2)20-12-4-3-5-14-24(20)35-27/h6-11,13,15-16H,3-5,12,14H2,1-2H3,(H,30,31). The molecule has 0 bridgehead atoms. The van der Waals surface area contributed by atoms with Crippen molar-refractivity contribution in [3.05, 3.63) is 76.2 Å². The summed E-state index contributed by atoms with van der Waals surface area (Å²) in [4.78, 5) is 32.3. The number of para-hydroxylation sites is 1. The number of pyridine rings is 1. The molecule has 0 aliphatic heterocycles. The van der Waals surface area contributed by atoms with Crippen LogP contribution in [0.15, 0.2) is 54.6 Å². The zero-order valence-corrected chi connectivity index (χ0v) is 20.5. The quantitative estimate of drug-likeness (QED) is 0.265. The molecule has 7 heteroatoms. The van der Waals surface area contributed by atoms with Crippen LogP contribution in [0, 0.1) is 0 Å². The molecule has 0 saturated carbocycles. The molecule has 178 valence electrons. The number of hydrogen-bond acceptors (Lipinski definition) is 6. The van der Waals surface area contributed by atoms with E-state index >= 15 is 0 Å². The lowest BCUT2D eigenvalue weighted by Gasteiger charge is -2.12. The second-order valence-electron chi connectivity index (χ2n) is 8.52. The van der Waals surface area contributed by atoms with Crippen molar-refractivity contribution >= 4 is 39.1 Å². The Morgan fingerprint density at radius 2 is 1.80 bits per heavy atom. The lowest BCUT2D eigenvalue weighted by Crippen LogP contribution is -2.15. The highest BCUT2D eigenvalue weighted by Gasteiger charge is 2.27. The summed E-state index contributed by atoms with van der Waals surface area (Å²) in [6.07, 6.45) is 4.99. The van der Waals surface area contributed by atoms with Crippen molar-refractivity contribution in [2.75, 3.05) is 19.5 Å². The molecule has 0 radical (unpaired) electrons. The summed E-state index contributed by atoms with van der Waals surface area (Å²) < 4.78 is 10.5. The van der Waals surface area contributed by atoms with Crippen LogP contribution < -0.4 is 10.1 Å². The molecule has 2 heterocycles. The first-order valence-electron chi connectivity index (χ1n) is 11.7. The van der Waals surface area contributed by atoms with Gasteiger partial charge < -0.3 is 14.8 Å². The first-order valence-corrected chi connectivity index (χ1v) is 12.5. The minimum atomic E-state index is -0.406. The number of esters is 1. The van der Waals surface area contributed by atoms with E-state index in [0.717, 1.165) is 53.5 Å². The molecule has 1 N–H and O–H groups in total. The van der Waals surface area contributed by atoms with Crippen LogP contribution in [0.4, 0.5) is 5.00 Å². The van der Waals surface area contributed by atoms with Gasteiger partial charge in [0.05, 0.1) is 36.6 Å². The van der Waals surface area contributed by atoms with Gasteiger partial charge in [-0.1, -0.05) is 36.8 Å². The number of aromatic nitrogens is 1. The summed E-state index contributed by atoms with van der Waals surface area (Å²) in [7, 11) is 3.00. The molecule has 1 amide bonds. The maximum absolute atomic E-state index is 13.7. The van der Waals surface area contributed by atoms with Gasteiger partial charge in [-0.15, -0.1) is 11.3 Å². The third kappa shape index (κ3) is 4.51. The van der Waals surface area contributed by atoms with Crippen LogP contribution >= 0.6 is 11.3 Å². The monoisotopic (exact) mass is 486 g/mol. The Hall–Kier alpha value is -3.71. The maximum Gasteiger partial charge on any atom is 0.341 e. The van der Waals surface area contributed by atoms with Crippen LogP contribution in [0.5, 0.6) is 5.75 Å². The first-order chi connectivity index (χ1) is 17.1. The van der Waals surface area contributed by atoms with Gasteiger partial charge in [0, 0.05) is 15.8 Å². The number of carbonyl (C=O) groups is 2. The lowest BCUT2D eigenvalue weighted by atomic mass is 10.0. The summed E-state index contributed by atoms with van der Waals surface area (Å²) in [5.74, 6) is 0.0249. The summed E-state index contributed by atoms with van der Waals surface area (Å²) in [5.41, 5.74) is 4.24. The number of hydrogen-bond donors (Lipinski definition) is 1. The Balaban J connectivity index is 1.58. The molecule has 5 rings (SSSR count). The fourth-order valence-electron chi connectivity index (χ4n) is 4.61. The third-order valence-corrected chi connectivity index (χ3v) is 7.57. The van der Waals surface area contributed by atoms with Crippen LogP contribution in [0.25, 0.3) is 22.2 Å². The second kappa shape index (κ2) is 9.88. The number of rotatable bonds is 5. The number of methoxy groups -OCH3 is 2. The molecule has 1 aliphatic rings. The van der Waals surface area contributed by atoms with Crippen LogP contribution in [0.3, 0.4) is 0 Å². The molecule has 0 unspecified atom stereocenters. The van der Waals surface area contributed by atoms with Crippen LogP contribution in [-0.2, 0) is 17.6 Å². The topological polar surface area (TPSA) is 77.5 Å². The Kier molecular flexibility index (Phi) is 6.51. The fourth-order valence-corrected chi connectivity index (χ4v) is 5.89. The third-order valence-electron chi connectivity index (χ3n) is 6.36. The van der Waals surface area contributed by atoms with E-state index in [-0.39, 0.29) is 5.91 Å². The number of thiophene rings is 1. The molecule has 0 saturated heterocycles. The number of nitrogens with zero attached hydrogens (tertiary/aromatic N) is 1. The molecule has 1 aliphatic carbocycles. The molecule has 35 heavy (non-hydrogen) atoms. The van der Waals surface area contributed by atoms with Gasteiger partial charge in [0.1, 0.15) is 10.8 Å². The van der Waals surface area contributed by atoms with Gasteiger partial charge in [-0.2, -0.15) is 0 Å². The Morgan fingerprint density at radius 3 is 2.63 bits per heavy atom. The summed E-state index contributed by atoms with van der Waals surface area (Å²) >= 11 is 1.49. The Bertz CT molecular complexity index is 1430. The Labute approximate surface area is 207 Å². The number of ether oxygens (including phenoxy) is 2. The number of benzene rings is 2. The van der Waals surface area contributed by atoms with Crippen molar-refractivity contribution in [1.29, 1.82) is 0 Å². The number of nitrogens with one attached hydrogen (secondary N) is 1. The van der Waals surface area contributed by atoms with E-state index in [1.807, 2.05) is 48.5 Å². The van der Waals surface area contributed by atoms with Gasteiger partial charge in [0.25, 0.3) is 5.91 Å². The van der Waals surface area contributed by atoms with E-state index in [4.69, 9.17) is 14.5 Å². The van der Waals surface area contributed by atoms with Crippen molar-refractivity contribution in [3.63, 3.8) is 0 Å². The molecule has 2 aromatic heterocycles. The summed E-state index contributed by atoms with van der Waals surface area (Å²) in [6, 6.07) is 17.0. The largest absolute Gasteiger partial charge is 0.497 e. The van der Waals surface area contributed by atoms with E-state index in [1.165, 1.54) is 18.4 Å². The molecule has 6 nitrogen and oxygen atoms in total. The average molecular weight is 487 g/mol. The molecule has 0 spiro atoms. The van der Waals surface area contributed by atoms with E-state index < -0.39 is 5.97 Å². The molecule has 4 aromatic rings. The molecule has 0 fully saturated rings. The zero-order chi connectivity index (χ0) is 24.4. The number of anilines is 1. The van der Waals surface area contributed by atoms with Crippen LogP contribution in [0.1, 0.15) is 50.4 Å². The molecule has 0 atom stereocenters. The highest BCUT2D eigenvalue weighted by molar-refractivity contribution is 7.17. The fraction of sp³-hybridized carbons (Fsp3) is 0.250. The average Bonchev–Trinajstić information content (AvgIpc) is 3.07. The summed E-state index contributed by atoms with van der Waals surface area (Å²) in [6.45, 7) is 0. The highest BCUT2D eigenvalue weighted by Crippen LogP contribution is 2.38. The first kappa shape index (κ1) is 23.1. The van der Waals surface area contributed by atoms with Crippen molar-refractivity contribution in [2.45, 2.75) is 32.1 Å². The van der Waals surface area contributed by atoms with Gasteiger partial charge >= 0.3 is 5.97 Å². The van der Waals surface area contributed by atoms with Gasteiger partial charge in [-0.25, -0.2) is 9.78 Å². The maximum atomic E-state index is 13.7. The predicted molar refractivity (Wildman–Crippen MR) is 139 cm³/mol. The normalized spacial score (nSPS) is 13.1. The number of amides is 1. The smallest absolute Gasteiger partial charge is 0.341 e. The van der Waals surface area contributed by atoms with E-state index in [1.54, 1.807) is 13.2 Å². The highest BCUT2D eigenvalue weighted by atomic mass is 32.1. The SMILES string of the molecule is COC(=O)c1c(NC(=O)c2cc(-c3cccc(OC)c3)nc3ccccc23)sc2c1CCCCC2. The van der Waals surface area contributed by atoms with E-state index in [2.05, 4.69) is 5.32 Å². The predicted octanol–water partition coefficient (Wildman–Crippen LogP) is 6.28. The number of fused-ring (bicyclic) bond motifs is 2. The number of aryl methyl sites for hydroxylation is 1. The van der Waals surface area contributed by atoms with Crippen molar-refractivity contribution in [1.82, 2.24) is 4.98 Å². The minimum Gasteiger partial charge on any atom is -0.497 e. The van der Waals surface area contributed by atoms with E-state index in [0.29, 0.717) is 33.1 Å². The molecule has 2 aromatic carbocycles. The van der Waals surface area contributed by atoms with Crippen molar-refractivity contribution < 1.29 is 19.1 Å². The van der Waals surface area contributed by atoms with Gasteiger partial charge in [-0.05, 0) is 55.5 Å². The summed E-state index contributed by atoms with van der Waals surface area (Å²) in [5, 5.41) is 4.34. The minimum absolute atomic E-state index is 0.283.